The maximum absolute atomic E-state index is 14.3. The number of amides is 1. The van der Waals surface area contributed by atoms with Gasteiger partial charge in [0.05, 0.1) is 26.4 Å². The molecule has 2 unspecified atom stereocenters. The van der Waals surface area contributed by atoms with E-state index >= 15 is 0 Å². The lowest BCUT2D eigenvalue weighted by molar-refractivity contribution is -0.175. The van der Waals surface area contributed by atoms with E-state index in [9.17, 15) is 24.3 Å². The van der Waals surface area contributed by atoms with Crippen LogP contribution in [0.15, 0.2) is 103 Å². The largest absolute Gasteiger partial charge is 0.459 e. The highest BCUT2D eigenvalue weighted by Gasteiger charge is 2.66. The van der Waals surface area contributed by atoms with E-state index in [2.05, 4.69) is 9.80 Å². The van der Waals surface area contributed by atoms with Gasteiger partial charge in [-0.1, -0.05) is 92.7 Å². The highest BCUT2D eigenvalue weighted by Crippen LogP contribution is 2.56. The van der Waals surface area contributed by atoms with Crippen molar-refractivity contribution in [3.05, 3.63) is 131 Å². The Morgan fingerprint density at radius 2 is 1.25 bits per heavy atom. The fourth-order valence-corrected chi connectivity index (χ4v) is 8.66. The molecule has 1 N–H and O–H groups in total. The van der Waals surface area contributed by atoms with Crippen molar-refractivity contribution >= 4 is 35.4 Å². The molecule has 2 aliphatic heterocycles. The number of aliphatic hydroxyl groups is 1. The van der Waals surface area contributed by atoms with Crippen LogP contribution in [0.5, 0.6) is 0 Å². The van der Waals surface area contributed by atoms with Crippen LogP contribution in [0.1, 0.15) is 80.7 Å². The third-order valence-corrected chi connectivity index (χ3v) is 12.9. The number of carbonyl (C=O) groups is 4. The van der Waals surface area contributed by atoms with Gasteiger partial charge in [0, 0.05) is 63.4 Å². The molecule has 68 heavy (non-hydrogen) atoms. The Morgan fingerprint density at radius 1 is 0.721 bits per heavy atom. The zero-order valence-corrected chi connectivity index (χ0v) is 40.1. The van der Waals surface area contributed by atoms with Crippen LogP contribution in [0.3, 0.4) is 0 Å². The summed E-state index contributed by atoms with van der Waals surface area (Å²) in [6, 6.07) is 31.7. The minimum absolute atomic E-state index is 0.0000858. The van der Waals surface area contributed by atoms with E-state index in [4.69, 9.17) is 28.4 Å². The summed E-state index contributed by atoms with van der Waals surface area (Å²) < 4.78 is 34.5. The van der Waals surface area contributed by atoms with Gasteiger partial charge in [0.25, 0.3) is 0 Å². The van der Waals surface area contributed by atoms with Crippen molar-refractivity contribution in [1.82, 2.24) is 4.90 Å². The molecule has 0 radical (unpaired) electrons. The zero-order chi connectivity index (χ0) is 48.3. The first-order valence-corrected chi connectivity index (χ1v) is 23.9. The van der Waals surface area contributed by atoms with Crippen LogP contribution in [-0.4, -0.2) is 117 Å². The van der Waals surface area contributed by atoms with Gasteiger partial charge in [-0.3, -0.25) is 4.90 Å². The normalized spacial score (nSPS) is 19.1. The molecule has 7 rings (SSSR count). The second-order valence-electron chi connectivity index (χ2n) is 19.1. The maximum Gasteiger partial charge on any atom is 0.410 e. The number of morpholine rings is 2. The Bertz CT molecular complexity index is 2280. The highest BCUT2D eigenvalue weighted by molar-refractivity contribution is 5.91. The van der Waals surface area contributed by atoms with E-state index in [1.54, 1.807) is 0 Å². The van der Waals surface area contributed by atoms with Crippen molar-refractivity contribution in [2.24, 2.45) is 5.92 Å². The summed E-state index contributed by atoms with van der Waals surface area (Å²) in [7, 11) is 1.52. The number of rotatable bonds is 20. The monoisotopic (exact) mass is 933 g/mol. The number of hydrogen-bond acceptors (Lipinski definition) is 13. The molecule has 4 aromatic carbocycles. The SMILES string of the molecule is CC(C)C[C@@H](C(=O)OC1(C(=O)OCc2ccccc2)CC1c1ccc(N2CCOCC2)cc1)N(C)C(=O)OC(C)(C)CCc1ccc(COC(=O)[C@H](O)Cc2ccc(N3CCOCC3)cc2)cc1. The fourth-order valence-electron chi connectivity index (χ4n) is 8.66. The first-order valence-electron chi connectivity index (χ1n) is 23.9. The summed E-state index contributed by atoms with van der Waals surface area (Å²) in [6.45, 7) is 13.5. The van der Waals surface area contributed by atoms with Gasteiger partial charge < -0.3 is 43.3 Å². The Kier molecular flexibility index (Phi) is 16.8. The number of ether oxygens (including phenoxy) is 6. The third-order valence-electron chi connectivity index (χ3n) is 12.9. The molecule has 4 atom stereocenters. The molecular weight excluding hydrogens is 867 g/mol. The minimum atomic E-state index is -1.55. The number of hydrogen-bond donors (Lipinski definition) is 1. The fraction of sp³-hybridized carbons (Fsp3) is 0.481. The molecule has 0 spiro atoms. The topological polar surface area (TPSA) is 154 Å². The van der Waals surface area contributed by atoms with Crippen LogP contribution in [0.25, 0.3) is 0 Å². The van der Waals surface area contributed by atoms with Crippen molar-refractivity contribution in [2.75, 3.05) is 69.5 Å². The molecule has 0 bridgehead atoms. The second-order valence-corrected chi connectivity index (χ2v) is 19.1. The van der Waals surface area contributed by atoms with Gasteiger partial charge in [-0.05, 0) is 91.1 Å². The van der Waals surface area contributed by atoms with Crippen LogP contribution in [0.2, 0.25) is 0 Å². The number of aryl methyl sites for hydroxylation is 1. The summed E-state index contributed by atoms with van der Waals surface area (Å²) in [4.78, 5) is 60.6. The number of likely N-dealkylation sites (N-methyl/N-ethyl adjacent to an activating group) is 1. The Labute approximate surface area is 400 Å². The van der Waals surface area contributed by atoms with Crippen LogP contribution >= 0.6 is 0 Å². The maximum atomic E-state index is 14.3. The molecule has 1 saturated carbocycles. The highest BCUT2D eigenvalue weighted by atomic mass is 16.6. The van der Waals surface area contributed by atoms with E-state index in [0.717, 1.165) is 65.4 Å². The summed E-state index contributed by atoms with van der Waals surface area (Å²) in [5.41, 5.74) is 3.92. The van der Waals surface area contributed by atoms with Crippen molar-refractivity contribution < 1.29 is 52.7 Å². The van der Waals surface area contributed by atoms with Gasteiger partial charge >= 0.3 is 24.0 Å². The van der Waals surface area contributed by atoms with Gasteiger partial charge in [0.15, 0.2) is 6.10 Å². The molecule has 1 aliphatic carbocycles. The predicted molar refractivity (Wildman–Crippen MR) is 257 cm³/mol. The van der Waals surface area contributed by atoms with E-state index in [1.807, 2.05) is 131 Å². The smallest absolute Gasteiger partial charge is 0.410 e. The number of carbonyl (C=O) groups excluding carboxylic acids is 4. The van der Waals surface area contributed by atoms with Gasteiger partial charge in [-0.2, -0.15) is 0 Å². The van der Waals surface area contributed by atoms with Crippen molar-refractivity contribution in [3.8, 4) is 0 Å². The lowest BCUT2D eigenvalue weighted by Crippen LogP contribution is -2.48. The molecular formula is C54H67N3O11. The molecule has 3 aliphatic rings. The van der Waals surface area contributed by atoms with E-state index in [0.29, 0.717) is 39.3 Å². The molecule has 2 heterocycles. The van der Waals surface area contributed by atoms with Crippen LogP contribution in [-0.2, 0) is 68.9 Å². The first kappa shape index (κ1) is 49.9. The van der Waals surface area contributed by atoms with Gasteiger partial charge in [0.1, 0.15) is 24.9 Å². The quantitative estimate of drug-likeness (QED) is 0.0692. The lowest BCUT2D eigenvalue weighted by atomic mass is 9.98. The summed E-state index contributed by atoms with van der Waals surface area (Å²) in [6.07, 6.45) is -0.240. The van der Waals surface area contributed by atoms with Crippen LogP contribution < -0.4 is 9.80 Å². The minimum Gasteiger partial charge on any atom is -0.459 e. The number of aliphatic hydroxyl groups excluding tert-OH is 1. The van der Waals surface area contributed by atoms with Gasteiger partial charge in [-0.25, -0.2) is 19.2 Å². The molecule has 1 amide bonds. The number of nitrogens with zero attached hydrogens (tertiary/aromatic N) is 3. The van der Waals surface area contributed by atoms with Crippen molar-refractivity contribution in [2.45, 2.75) is 102 Å². The molecule has 14 nitrogen and oxygen atoms in total. The summed E-state index contributed by atoms with van der Waals surface area (Å²) in [5, 5.41) is 10.6. The van der Waals surface area contributed by atoms with Crippen LogP contribution in [0.4, 0.5) is 16.2 Å². The predicted octanol–water partition coefficient (Wildman–Crippen LogP) is 7.41. The van der Waals surface area contributed by atoms with Crippen molar-refractivity contribution in [1.29, 1.82) is 0 Å². The van der Waals surface area contributed by atoms with Crippen molar-refractivity contribution in [3.63, 3.8) is 0 Å². The number of benzene rings is 4. The second kappa shape index (κ2) is 22.9. The number of esters is 3. The number of anilines is 2. The molecule has 364 valence electrons. The average molecular weight is 934 g/mol. The van der Waals surface area contributed by atoms with Crippen LogP contribution in [0, 0.1) is 5.92 Å². The van der Waals surface area contributed by atoms with E-state index < -0.39 is 53.3 Å². The third kappa shape index (κ3) is 13.4. The molecule has 3 fully saturated rings. The molecule has 0 aromatic heterocycles. The standard InChI is InChI=1S/C54H67N3O11/c1-38(2)33-47(49(59)67-54(51(61)66-37-41-9-7-6-8-10-41)35-46(54)43-17-21-45(22-18-43)57-27-31-64-32-28-57)55(5)52(62)68-53(3,4)24-23-39-11-13-42(14-12-39)36-65-50(60)48(58)34-40-15-19-44(20-16-40)56-25-29-63-30-26-56/h6-22,38,46-48,58H,23-37H2,1-5H3/t46?,47-,48+,54?/m0/s1. The Hall–Kier alpha value is -5.96. The summed E-state index contributed by atoms with van der Waals surface area (Å²) in [5.74, 6) is -2.44. The van der Waals surface area contributed by atoms with Gasteiger partial charge in [-0.15, -0.1) is 0 Å². The Balaban J connectivity index is 0.915. The van der Waals surface area contributed by atoms with E-state index in [1.165, 1.54) is 11.9 Å². The molecule has 14 heteroatoms. The Morgan fingerprint density at radius 3 is 1.84 bits per heavy atom. The first-order chi connectivity index (χ1) is 32.7. The van der Waals surface area contributed by atoms with E-state index in [-0.39, 0.29) is 38.4 Å². The van der Waals surface area contributed by atoms with Gasteiger partial charge in [0.2, 0.25) is 5.60 Å². The average Bonchev–Trinajstić information content (AvgIpc) is 4.09. The molecule has 2 saturated heterocycles. The zero-order valence-electron chi connectivity index (χ0n) is 40.1. The summed E-state index contributed by atoms with van der Waals surface area (Å²) >= 11 is 0. The lowest BCUT2D eigenvalue weighted by Gasteiger charge is -2.33. The molecule has 4 aromatic rings.